The Kier molecular flexibility index (Phi) is 9.27. The second kappa shape index (κ2) is 15.1. The van der Waals surface area contributed by atoms with Gasteiger partial charge in [0.1, 0.15) is 0 Å². The van der Waals surface area contributed by atoms with Gasteiger partial charge in [0, 0.05) is 33.4 Å². The minimum absolute atomic E-state index is 0.640. The summed E-state index contributed by atoms with van der Waals surface area (Å²) in [7, 11) is 0. The van der Waals surface area contributed by atoms with Gasteiger partial charge in [-0.2, -0.15) is 0 Å². The molecule has 0 radical (unpaired) electrons. The highest BCUT2D eigenvalue weighted by molar-refractivity contribution is 5.79. The molecule has 0 bridgehead atoms. The first-order chi connectivity index (χ1) is 27.6. The molecule has 0 fully saturated rings. The Morgan fingerprint density at radius 3 is 0.661 bits per heavy atom. The molecule has 6 nitrogen and oxygen atoms in total. The fourth-order valence-corrected chi connectivity index (χ4v) is 6.91. The molecule has 0 aliphatic rings. The van der Waals surface area contributed by atoms with Crippen molar-refractivity contribution in [3.63, 3.8) is 0 Å². The van der Waals surface area contributed by atoms with E-state index in [-0.39, 0.29) is 0 Å². The highest BCUT2D eigenvalue weighted by Crippen LogP contribution is 2.34. The molecule has 2 aromatic heterocycles. The van der Waals surface area contributed by atoms with Crippen LogP contribution in [0, 0.1) is 13.8 Å². The Morgan fingerprint density at radius 2 is 0.429 bits per heavy atom. The van der Waals surface area contributed by atoms with Gasteiger partial charge >= 0.3 is 0 Å². The largest absolute Gasteiger partial charge is 0.208 e. The van der Waals surface area contributed by atoms with Gasteiger partial charge in [-0.1, -0.05) is 182 Å². The van der Waals surface area contributed by atoms with Crippen LogP contribution in [0.25, 0.3) is 90.6 Å². The molecule has 0 amide bonds. The molecule has 56 heavy (non-hydrogen) atoms. The highest BCUT2D eigenvalue weighted by Gasteiger charge is 2.15. The summed E-state index contributed by atoms with van der Waals surface area (Å²) >= 11 is 0. The molecule has 0 atom stereocenters. The van der Waals surface area contributed by atoms with Gasteiger partial charge in [0.05, 0.1) is 0 Å². The number of nitrogens with zero attached hydrogens (tertiary/aromatic N) is 6. The van der Waals surface area contributed by atoms with Crippen LogP contribution < -0.4 is 0 Å². The predicted octanol–water partition coefficient (Wildman–Crippen LogP) is 12.0. The lowest BCUT2D eigenvalue weighted by atomic mass is 9.91. The molecule has 0 saturated carbocycles. The molecule has 9 aromatic rings. The van der Waals surface area contributed by atoms with Crippen molar-refractivity contribution in [2.24, 2.45) is 0 Å². The van der Waals surface area contributed by atoms with Crippen molar-refractivity contribution in [1.29, 1.82) is 0 Å². The van der Waals surface area contributed by atoms with E-state index < -0.39 is 0 Å². The van der Waals surface area contributed by atoms with E-state index in [2.05, 4.69) is 74.5 Å². The molecule has 266 valence electrons. The molecule has 0 aliphatic carbocycles. The van der Waals surface area contributed by atoms with Gasteiger partial charge in [-0.05, 0) is 47.2 Å². The molecular formula is C50H36N6. The Labute approximate surface area is 326 Å². The van der Waals surface area contributed by atoms with Gasteiger partial charge in [-0.25, -0.2) is 29.9 Å². The van der Waals surface area contributed by atoms with Gasteiger partial charge in [0.25, 0.3) is 0 Å². The molecule has 9 rings (SSSR count). The predicted molar refractivity (Wildman–Crippen MR) is 226 cm³/mol. The molecule has 0 N–H and O–H groups in total. The highest BCUT2D eigenvalue weighted by atomic mass is 15.0. The molecule has 0 unspecified atom stereocenters. The summed E-state index contributed by atoms with van der Waals surface area (Å²) in [6.45, 7) is 4.34. The number of hydrogen-bond donors (Lipinski definition) is 0. The van der Waals surface area contributed by atoms with E-state index >= 15 is 0 Å². The fourth-order valence-electron chi connectivity index (χ4n) is 6.91. The standard InChI is InChI=1S/C50H36N6/c1-33-31-44(36-25-29-42(30-26-36)50-55-47(39-19-11-5-12-20-39)52-48(56-50)40-21-13-6-14-22-40)34(2)32-43(33)35-23-27-41(28-24-35)49-53-45(37-15-7-3-8-16-37)51-46(54-49)38-17-9-4-10-18-38/h3-32H,1-2H3. The van der Waals surface area contributed by atoms with Crippen LogP contribution in [0.2, 0.25) is 0 Å². The fraction of sp³-hybridized carbons (Fsp3) is 0.0400. The molecule has 7 aromatic carbocycles. The summed E-state index contributed by atoms with van der Waals surface area (Å²) in [5.41, 5.74) is 12.7. The smallest absolute Gasteiger partial charge is 0.164 e. The summed E-state index contributed by atoms with van der Waals surface area (Å²) < 4.78 is 0. The van der Waals surface area contributed by atoms with Crippen LogP contribution in [0.5, 0.6) is 0 Å². The summed E-state index contributed by atoms with van der Waals surface area (Å²) in [6.07, 6.45) is 0. The normalized spacial score (nSPS) is 11.0. The van der Waals surface area contributed by atoms with Gasteiger partial charge in [0.15, 0.2) is 34.9 Å². The van der Waals surface area contributed by atoms with Crippen molar-refractivity contribution in [3.05, 3.63) is 193 Å². The van der Waals surface area contributed by atoms with Crippen LogP contribution >= 0.6 is 0 Å². The zero-order valence-electron chi connectivity index (χ0n) is 31.0. The van der Waals surface area contributed by atoms with Gasteiger partial charge in [-0.15, -0.1) is 0 Å². The molecule has 0 spiro atoms. The zero-order chi connectivity index (χ0) is 37.8. The van der Waals surface area contributed by atoms with Gasteiger partial charge in [-0.3, -0.25) is 0 Å². The number of aryl methyl sites for hydroxylation is 2. The van der Waals surface area contributed by atoms with Crippen molar-refractivity contribution in [3.8, 4) is 90.6 Å². The Bertz CT molecular complexity index is 2460. The number of rotatable bonds is 8. The number of benzene rings is 7. The lowest BCUT2D eigenvalue weighted by molar-refractivity contribution is 1.07. The van der Waals surface area contributed by atoms with E-state index in [0.717, 1.165) is 44.5 Å². The van der Waals surface area contributed by atoms with Crippen LogP contribution in [0.1, 0.15) is 11.1 Å². The third-order valence-corrected chi connectivity index (χ3v) is 9.88. The second-order valence-corrected chi connectivity index (χ2v) is 13.7. The lowest BCUT2D eigenvalue weighted by Crippen LogP contribution is -2.00. The maximum absolute atomic E-state index is 4.91. The molecule has 2 heterocycles. The van der Waals surface area contributed by atoms with Crippen molar-refractivity contribution in [1.82, 2.24) is 29.9 Å². The van der Waals surface area contributed by atoms with E-state index in [1.165, 1.54) is 22.3 Å². The van der Waals surface area contributed by atoms with E-state index in [9.17, 15) is 0 Å². The number of hydrogen-bond acceptors (Lipinski definition) is 6. The molecule has 6 heteroatoms. The van der Waals surface area contributed by atoms with Crippen molar-refractivity contribution >= 4 is 0 Å². The average Bonchev–Trinajstić information content (AvgIpc) is 3.28. The molecular weight excluding hydrogens is 685 g/mol. The quantitative estimate of drug-likeness (QED) is 0.155. The SMILES string of the molecule is Cc1cc(-c2ccc(-c3nc(-c4ccccc4)nc(-c4ccccc4)n3)cc2)c(C)cc1-c1ccc(-c2nc(-c3ccccc3)nc(-c3ccccc3)n2)cc1. The third kappa shape index (κ3) is 7.11. The van der Waals surface area contributed by atoms with Crippen molar-refractivity contribution in [2.45, 2.75) is 13.8 Å². The first-order valence-electron chi connectivity index (χ1n) is 18.6. The van der Waals surface area contributed by atoms with E-state index in [1.807, 2.05) is 121 Å². The number of aromatic nitrogens is 6. The summed E-state index contributed by atoms with van der Waals surface area (Å²) in [6, 6.07) is 61.8. The topological polar surface area (TPSA) is 77.3 Å². The van der Waals surface area contributed by atoms with Crippen molar-refractivity contribution in [2.75, 3.05) is 0 Å². The lowest BCUT2D eigenvalue weighted by Gasteiger charge is -2.14. The van der Waals surface area contributed by atoms with Gasteiger partial charge < -0.3 is 0 Å². The minimum atomic E-state index is 0.640. The van der Waals surface area contributed by atoms with Crippen LogP contribution in [0.3, 0.4) is 0 Å². The zero-order valence-corrected chi connectivity index (χ0v) is 31.0. The first-order valence-corrected chi connectivity index (χ1v) is 18.6. The van der Waals surface area contributed by atoms with Crippen LogP contribution in [-0.2, 0) is 0 Å². The molecule has 0 aliphatic heterocycles. The third-order valence-electron chi connectivity index (χ3n) is 9.88. The maximum Gasteiger partial charge on any atom is 0.164 e. The van der Waals surface area contributed by atoms with Crippen molar-refractivity contribution < 1.29 is 0 Å². The van der Waals surface area contributed by atoms with Crippen LogP contribution in [0.4, 0.5) is 0 Å². The summed E-state index contributed by atoms with van der Waals surface area (Å²) in [5.74, 6) is 3.87. The Balaban J connectivity index is 1.01. The molecule has 0 saturated heterocycles. The maximum atomic E-state index is 4.91. The van der Waals surface area contributed by atoms with E-state index in [4.69, 9.17) is 29.9 Å². The Hall–Kier alpha value is -7.44. The minimum Gasteiger partial charge on any atom is -0.208 e. The van der Waals surface area contributed by atoms with E-state index in [0.29, 0.717) is 34.9 Å². The van der Waals surface area contributed by atoms with Crippen LogP contribution in [0.15, 0.2) is 182 Å². The van der Waals surface area contributed by atoms with Crippen LogP contribution in [-0.4, -0.2) is 29.9 Å². The average molecular weight is 721 g/mol. The second-order valence-electron chi connectivity index (χ2n) is 13.7. The first kappa shape index (κ1) is 34.3. The Morgan fingerprint density at radius 1 is 0.232 bits per heavy atom. The van der Waals surface area contributed by atoms with Gasteiger partial charge in [0.2, 0.25) is 0 Å². The monoisotopic (exact) mass is 720 g/mol. The van der Waals surface area contributed by atoms with E-state index in [1.54, 1.807) is 0 Å². The summed E-state index contributed by atoms with van der Waals surface area (Å²) in [4.78, 5) is 29.3. The summed E-state index contributed by atoms with van der Waals surface area (Å²) in [5, 5.41) is 0.